The van der Waals surface area contributed by atoms with Crippen molar-refractivity contribution >= 4 is 40.1 Å². The van der Waals surface area contributed by atoms with Crippen molar-refractivity contribution in [3.63, 3.8) is 0 Å². The van der Waals surface area contributed by atoms with Gasteiger partial charge in [-0.1, -0.05) is 23.7 Å². The number of hydrogen-bond donors (Lipinski definition) is 2. The molecular weight excluding hydrogens is 449 g/mol. The third-order valence-corrected chi connectivity index (χ3v) is 4.76. The van der Waals surface area contributed by atoms with Crippen molar-refractivity contribution in [2.24, 2.45) is 0 Å². The molecule has 8 nitrogen and oxygen atoms in total. The van der Waals surface area contributed by atoms with Crippen LogP contribution < -0.4 is 15.5 Å². The number of halogens is 2. The van der Waals surface area contributed by atoms with Crippen LogP contribution in [0.15, 0.2) is 60.9 Å². The maximum Gasteiger partial charge on any atom is 0.321 e. The molecule has 168 valence electrons. The molecule has 0 aliphatic carbocycles. The Bertz CT molecular complexity index is 1300. The van der Waals surface area contributed by atoms with Gasteiger partial charge < -0.3 is 14.9 Å². The topological polar surface area (TPSA) is 98.3 Å². The molecule has 4 aromatic rings. The summed E-state index contributed by atoms with van der Waals surface area (Å²) in [5.74, 6) is 0.105. The van der Waals surface area contributed by atoms with E-state index in [4.69, 9.17) is 21.2 Å². The molecule has 0 aliphatic rings. The summed E-state index contributed by atoms with van der Waals surface area (Å²) in [7, 11) is 0. The van der Waals surface area contributed by atoms with E-state index >= 15 is 0 Å². The van der Waals surface area contributed by atoms with Gasteiger partial charge in [0.2, 0.25) is 5.95 Å². The van der Waals surface area contributed by atoms with E-state index < -0.39 is 5.97 Å². The van der Waals surface area contributed by atoms with E-state index in [1.165, 1.54) is 19.1 Å². The first-order chi connectivity index (χ1) is 16.0. The molecule has 2 heterocycles. The monoisotopic (exact) mass is 467 g/mol. The van der Waals surface area contributed by atoms with Gasteiger partial charge in [0, 0.05) is 24.2 Å². The van der Waals surface area contributed by atoms with Crippen LogP contribution in [0, 0.1) is 5.82 Å². The van der Waals surface area contributed by atoms with Gasteiger partial charge in [-0.25, -0.2) is 14.4 Å². The summed E-state index contributed by atoms with van der Waals surface area (Å²) in [6.07, 6.45) is 3.28. The highest BCUT2D eigenvalue weighted by Gasteiger charge is 2.07. The zero-order chi connectivity index (χ0) is 23.2. The minimum Gasteiger partial charge on any atom is -0.487 e. The molecule has 10 heteroatoms. The molecule has 0 bridgehead atoms. The molecule has 0 saturated carbocycles. The molecule has 0 saturated heterocycles. The number of benzene rings is 2. The van der Waals surface area contributed by atoms with E-state index in [0.29, 0.717) is 39.2 Å². The van der Waals surface area contributed by atoms with E-state index in [2.05, 4.69) is 25.7 Å². The summed E-state index contributed by atoms with van der Waals surface area (Å²) in [5, 5.41) is 4.28. The SMILES string of the molecule is CC(=O)ONCc1cc2cnc(Nc3ccc(OCc4cccc(F)c4)c(Cl)c3)nc2cn1. The lowest BCUT2D eigenvalue weighted by Gasteiger charge is -2.11. The van der Waals surface area contributed by atoms with Crippen LogP contribution in [0.4, 0.5) is 16.0 Å². The quantitative estimate of drug-likeness (QED) is 0.359. The van der Waals surface area contributed by atoms with Crippen LogP contribution in [-0.4, -0.2) is 20.9 Å². The van der Waals surface area contributed by atoms with Gasteiger partial charge in [-0.15, -0.1) is 5.48 Å². The summed E-state index contributed by atoms with van der Waals surface area (Å²) in [6, 6.07) is 13.2. The highest BCUT2D eigenvalue weighted by molar-refractivity contribution is 6.32. The van der Waals surface area contributed by atoms with Gasteiger partial charge in [-0.2, -0.15) is 0 Å². The molecule has 0 unspecified atom stereocenters. The number of hydroxylamine groups is 1. The smallest absolute Gasteiger partial charge is 0.321 e. The third-order valence-electron chi connectivity index (χ3n) is 4.46. The second-order valence-corrected chi connectivity index (χ2v) is 7.44. The number of carbonyl (C=O) groups excluding carboxylic acids is 1. The van der Waals surface area contributed by atoms with E-state index in [0.717, 1.165) is 5.39 Å². The summed E-state index contributed by atoms with van der Waals surface area (Å²) >= 11 is 6.34. The van der Waals surface area contributed by atoms with Crippen molar-refractivity contribution in [2.45, 2.75) is 20.1 Å². The zero-order valence-corrected chi connectivity index (χ0v) is 18.3. The standard InChI is InChI=1S/C23H19ClFN5O3/c1-14(31)33-28-11-19-8-16-10-27-23(30-21(16)12-26-19)29-18-5-6-22(20(24)9-18)32-13-15-3-2-4-17(25)7-15/h2-10,12,28H,11,13H2,1H3,(H,27,29,30). The number of anilines is 2. The first-order valence-electron chi connectivity index (χ1n) is 9.92. The molecule has 2 aromatic heterocycles. The predicted molar refractivity (Wildman–Crippen MR) is 121 cm³/mol. The van der Waals surface area contributed by atoms with Crippen LogP contribution in [0.2, 0.25) is 5.02 Å². The van der Waals surface area contributed by atoms with E-state index in [-0.39, 0.29) is 19.0 Å². The van der Waals surface area contributed by atoms with Crippen molar-refractivity contribution in [3.8, 4) is 5.75 Å². The number of hydrogen-bond acceptors (Lipinski definition) is 8. The number of nitrogens with one attached hydrogen (secondary N) is 2. The lowest BCUT2D eigenvalue weighted by Crippen LogP contribution is -2.17. The third kappa shape index (κ3) is 6.12. The number of rotatable bonds is 8. The highest BCUT2D eigenvalue weighted by atomic mass is 35.5. The number of fused-ring (bicyclic) bond motifs is 1. The average molecular weight is 468 g/mol. The Balaban J connectivity index is 1.40. The Hall–Kier alpha value is -3.82. The Morgan fingerprint density at radius 2 is 2.00 bits per heavy atom. The van der Waals surface area contributed by atoms with Crippen LogP contribution in [0.1, 0.15) is 18.2 Å². The molecular formula is C23H19ClFN5O3. The predicted octanol–water partition coefficient (Wildman–Crippen LogP) is 4.71. The van der Waals surface area contributed by atoms with Gasteiger partial charge >= 0.3 is 5.97 Å². The molecule has 0 aliphatic heterocycles. The second kappa shape index (κ2) is 10.2. The maximum absolute atomic E-state index is 13.3. The minimum absolute atomic E-state index is 0.198. The molecule has 0 radical (unpaired) electrons. The molecule has 33 heavy (non-hydrogen) atoms. The van der Waals surface area contributed by atoms with E-state index in [1.807, 2.05) is 0 Å². The molecule has 0 amide bonds. The zero-order valence-electron chi connectivity index (χ0n) is 17.5. The number of aromatic nitrogens is 3. The number of ether oxygens (including phenoxy) is 1. The van der Waals surface area contributed by atoms with Crippen LogP contribution in [0.25, 0.3) is 10.9 Å². The molecule has 0 spiro atoms. The van der Waals surface area contributed by atoms with Crippen molar-refractivity contribution < 1.29 is 18.8 Å². The highest BCUT2D eigenvalue weighted by Crippen LogP contribution is 2.29. The van der Waals surface area contributed by atoms with Gasteiger partial charge in [-0.3, -0.25) is 9.78 Å². The largest absolute Gasteiger partial charge is 0.487 e. The van der Waals surface area contributed by atoms with Crippen molar-refractivity contribution in [2.75, 3.05) is 5.32 Å². The minimum atomic E-state index is -0.430. The summed E-state index contributed by atoms with van der Waals surface area (Å²) in [6.45, 7) is 1.77. The van der Waals surface area contributed by atoms with E-state index in [1.54, 1.807) is 48.8 Å². The fraction of sp³-hybridized carbons (Fsp3) is 0.130. The summed E-state index contributed by atoms with van der Waals surface area (Å²) < 4.78 is 19.0. The van der Waals surface area contributed by atoms with Crippen molar-refractivity contribution in [1.29, 1.82) is 0 Å². The Kier molecular flexibility index (Phi) is 6.92. The van der Waals surface area contributed by atoms with Crippen LogP contribution in [0.5, 0.6) is 5.75 Å². The first-order valence-corrected chi connectivity index (χ1v) is 10.3. The van der Waals surface area contributed by atoms with Gasteiger partial charge in [0.05, 0.1) is 29.0 Å². The number of pyridine rings is 1. The van der Waals surface area contributed by atoms with Gasteiger partial charge in [-0.05, 0) is 42.0 Å². The second-order valence-electron chi connectivity index (χ2n) is 7.03. The fourth-order valence-corrected chi connectivity index (χ4v) is 3.20. The Morgan fingerprint density at radius 1 is 1.12 bits per heavy atom. The van der Waals surface area contributed by atoms with Crippen LogP contribution in [-0.2, 0) is 22.8 Å². The molecule has 4 rings (SSSR count). The fourth-order valence-electron chi connectivity index (χ4n) is 2.96. The van der Waals surface area contributed by atoms with Gasteiger partial charge in [0.15, 0.2) is 0 Å². The van der Waals surface area contributed by atoms with Gasteiger partial charge in [0.1, 0.15) is 18.2 Å². The van der Waals surface area contributed by atoms with Crippen molar-refractivity contribution in [3.05, 3.63) is 83.0 Å². The average Bonchev–Trinajstić information content (AvgIpc) is 2.78. The molecule has 0 atom stereocenters. The first kappa shape index (κ1) is 22.4. The molecule has 0 fully saturated rings. The normalized spacial score (nSPS) is 10.8. The summed E-state index contributed by atoms with van der Waals surface area (Å²) in [4.78, 5) is 28.6. The maximum atomic E-state index is 13.3. The van der Waals surface area contributed by atoms with Crippen LogP contribution >= 0.6 is 11.6 Å². The Morgan fingerprint density at radius 3 is 2.79 bits per heavy atom. The molecule has 2 aromatic carbocycles. The van der Waals surface area contributed by atoms with Crippen molar-refractivity contribution in [1.82, 2.24) is 20.4 Å². The number of carbonyl (C=O) groups is 1. The number of nitrogens with zero attached hydrogens (tertiary/aromatic N) is 3. The lowest BCUT2D eigenvalue weighted by molar-refractivity contribution is -0.148. The van der Waals surface area contributed by atoms with Crippen LogP contribution in [0.3, 0.4) is 0 Å². The lowest BCUT2D eigenvalue weighted by atomic mass is 10.2. The van der Waals surface area contributed by atoms with Gasteiger partial charge in [0.25, 0.3) is 0 Å². The molecule has 2 N–H and O–H groups in total. The summed E-state index contributed by atoms with van der Waals surface area (Å²) in [5.41, 5.74) is 5.23. The Labute approximate surface area is 193 Å². The van der Waals surface area contributed by atoms with E-state index in [9.17, 15) is 9.18 Å².